The fourth-order valence-electron chi connectivity index (χ4n) is 2.12. The minimum Gasteiger partial charge on any atom is -0.301 e. The smallest absolute Gasteiger partial charge is 0.00980 e. The quantitative estimate of drug-likeness (QED) is 0.605. The van der Waals surface area contributed by atoms with E-state index >= 15 is 0 Å². The Morgan fingerprint density at radius 2 is 2.18 bits per heavy atom. The molecule has 1 rings (SSSR count). The Bertz CT molecular complexity index is 109. The Labute approximate surface area is 70.8 Å². The van der Waals surface area contributed by atoms with E-state index in [1.807, 2.05) is 0 Å². The van der Waals surface area contributed by atoms with Crippen molar-refractivity contribution in [1.82, 2.24) is 4.90 Å². The molecule has 0 aromatic rings. The van der Waals surface area contributed by atoms with E-state index in [4.69, 9.17) is 0 Å². The molecule has 1 nitrogen and oxygen atoms in total. The summed E-state index contributed by atoms with van der Waals surface area (Å²) in [4.78, 5) is 2.62. The van der Waals surface area contributed by atoms with E-state index in [2.05, 4.69) is 25.7 Å². The van der Waals surface area contributed by atoms with E-state index in [9.17, 15) is 0 Å². The van der Waals surface area contributed by atoms with E-state index in [0.29, 0.717) is 0 Å². The third-order valence-corrected chi connectivity index (χ3v) is 2.65. The van der Waals surface area contributed by atoms with Gasteiger partial charge in [0.05, 0.1) is 0 Å². The van der Waals surface area contributed by atoms with Gasteiger partial charge < -0.3 is 4.90 Å². The number of hydrogen-bond acceptors (Lipinski definition) is 1. The maximum atomic E-state index is 2.62. The lowest BCUT2D eigenvalue weighted by atomic mass is 10.0. The second-order valence-corrected chi connectivity index (χ2v) is 4.05. The number of likely N-dealkylation sites (tertiary alicyclic amines) is 1. The van der Waals surface area contributed by atoms with Crippen LogP contribution >= 0.6 is 0 Å². The second-order valence-electron chi connectivity index (χ2n) is 4.05. The summed E-state index contributed by atoms with van der Waals surface area (Å²) >= 11 is 0. The lowest BCUT2D eigenvalue weighted by Gasteiger charge is -2.23. The first kappa shape index (κ1) is 9.05. The fourth-order valence-corrected chi connectivity index (χ4v) is 2.12. The maximum Gasteiger partial charge on any atom is 0.00980 e. The zero-order valence-electron chi connectivity index (χ0n) is 8.14. The lowest BCUT2D eigenvalue weighted by Crippen LogP contribution is -2.30. The molecule has 1 heterocycles. The lowest BCUT2D eigenvalue weighted by molar-refractivity contribution is 0.237. The van der Waals surface area contributed by atoms with Gasteiger partial charge in [-0.15, -0.1) is 0 Å². The molecule has 66 valence electrons. The van der Waals surface area contributed by atoms with Crippen molar-refractivity contribution in [3.63, 3.8) is 0 Å². The summed E-state index contributed by atoms with van der Waals surface area (Å²) < 4.78 is 0. The van der Waals surface area contributed by atoms with Crippen molar-refractivity contribution in [2.24, 2.45) is 5.92 Å². The number of hydrogen-bond donors (Lipinski definition) is 0. The zero-order chi connectivity index (χ0) is 8.27. The van der Waals surface area contributed by atoms with Crippen LogP contribution in [0.3, 0.4) is 0 Å². The molecule has 0 aromatic carbocycles. The molecule has 1 fully saturated rings. The third-order valence-electron chi connectivity index (χ3n) is 2.65. The second kappa shape index (κ2) is 4.10. The summed E-state index contributed by atoms with van der Waals surface area (Å²) in [5, 5.41) is 0. The minimum atomic E-state index is 0.868. The SMILES string of the molecule is CCN1CCCC1CC(C)C. The Morgan fingerprint density at radius 1 is 1.45 bits per heavy atom. The van der Waals surface area contributed by atoms with Crippen molar-refractivity contribution in [1.29, 1.82) is 0 Å². The van der Waals surface area contributed by atoms with Gasteiger partial charge in [-0.3, -0.25) is 0 Å². The Balaban J connectivity index is 2.31. The molecule has 0 amide bonds. The molecule has 0 spiro atoms. The summed E-state index contributed by atoms with van der Waals surface area (Å²) in [6.07, 6.45) is 4.26. The Morgan fingerprint density at radius 3 is 2.73 bits per heavy atom. The highest BCUT2D eigenvalue weighted by Gasteiger charge is 2.22. The first-order chi connectivity index (χ1) is 5.24. The van der Waals surface area contributed by atoms with E-state index in [-0.39, 0.29) is 0 Å². The molecule has 0 saturated carbocycles. The van der Waals surface area contributed by atoms with Crippen LogP contribution in [0.2, 0.25) is 0 Å². The minimum absolute atomic E-state index is 0.868. The predicted octanol–water partition coefficient (Wildman–Crippen LogP) is 2.52. The summed E-state index contributed by atoms with van der Waals surface area (Å²) in [5.74, 6) is 0.868. The summed E-state index contributed by atoms with van der Waals surface area (Å²) in [6.45, 7) is 9.52. The largest absolute Gasteiger partial charge is 0.301 e. The van der Waals surface area contributed by atoms with Gasteiger partial charge in [0.2, 0.25) is 0 Å². The summed E-state index contributed by atoms with van der Waals surface area (Å²) in [5.41, 5.74) is 0. The highest BCUT2D eigenvalue weighted by atomic mass is 15.2. The Kier molecular flexibility index (Phi) is 3.38. The molecule has 1 aliphatic heterocycles. The van der Waals surface area contributed by atoms with Gasteiger partial charge in [0.1, 0.15) is 0 Å². The van der Waals surface area contributed by atoms with Crippen LogP contribution in [0.1, 0.15) is 40.0 Å². The molecular formula is C10H21N. The molecule has 1 unspecified atom stereocenters. The molecule has 1 aliphatic rings. The van der Waals surface area contributed by atoms with Crippen molar-refractivity contribution < 1.29 is 0 Å². The molecule has 1 heteroatoms. The topological polar surface area (TPSA) is 3.24 Å². The van der Waals surface area contributed by atoms with E-state index < -0.39 is 0 Å². The number of nitrogens with zero attached hydrogens (tertiary/aromatic N) is 1. The van der Waals surface area contributed by atoms with Crippen LogP contribution in [0.4, 0.5) is 0 Å². The molecule has 0 aliphatic carbocycles. The average molecular weight is 155 g/mol. The first-order valence-electron chi connectivity index (χ1n) is 4.98. The van der Waals surface area contributed by atoms with Crippen molar-refractivity contribution in [2.75, 3.05) is 13.1 Å². The molecule has 0 aromatic heterocycles. The molecule has 0 radical (unpaired) electrons. The highest BCUT2D eigenvalue weighted by Crippen LogP contribution is 2.22. The fraction of sp³-hybridized carbons (Fsp3) is 1.00. The van der Waals surface area contributed by atoms with Gasteiger partial charge >= 0.3 is 0 Å². The number of rotatable bonds is 3. The monoisotopic (exact) mass is 155 g/mol. The molecule has 0 N–H and O–H groups in total. The van der Waals surface area contributed by atoms with Crippen LogP contribution in [-0.2, 0) is 0 Å². The van der Waals surface area contributed by atoms with Gasteiger partial charge in [0.25, 0.3) is 0 Å². The van der Waals surface area contributed by atoms with E-state index in [0.717, 1.165) is 12.0 Å². The van der Waals surface area contributed by atoms with Gasteiger partial charge in [-0.25, -0.2) is 0 Å². The van der Waals surface area contributed by atoms with Crippen LogP contribution in [0.5, 0.6) is 0 Å². The normalized spacial score (nSPS) is 26.7. The van der Waals surface area contributed by atoms with Crippen molar-refractivity contribution in [2.45, 2.75) is 46.1 Å². The van der Waals surface area contributed by atoms with Crippen LogP contribution in [0, 0.1) is 5.92 Å². The maximum absolute atomic E-state index is 2.62. The van der Waals surface area contributed by atoms with Gasteiger partial charge in [0.15, 0.2) is 0 Å². The molecule has 11 heavy (non-hydrogen) atoms. The van der Waals surface area contributed by atoms with Gasteiger partial charge in [-0.05, 0) is 38.3 Å². The van der Waals surface area contributed by atoms with E-state index in [1.165, 1.54) is 32.4 Å². The zero-order valence-corrected chi connectivity index (χ0v) is 8.14. The van der Waals surface area contributed by atoms with Gasteiger partial charge in [-0.2, -0.15) is 0 Å². The van der Waals surface area contributed by atoms with Crippen molar-refractivity contribution >= 4 is 0 Å². The average Bonchev–Trinajstić information content (AvgIpc) is 2.34. The standard InChI is InChI=1S/C10H21N/c1-4-11-7-5-6-10(11)8-9(2)3/h9-10H,4-8H2,1-3H3. The predicted molar refractivity (Wildman–Crippen MR) is 49.7 cm³/mol. The first-order valence-corrected chi connectivity index (χ1v) is 4.98. The van der Waals surface area contributed by atoms with Crippen molar-refractivity contribution in [3.8, 4) is 0 Å². The van der Waals surface area contributed by atoms with Crippen LogP contribution in [0.15, 0.2) is 0 Å². The molecule has 0 bridgehead atoms. The van der Waals surface area contributed by atoms with Crippen LogP contribution in [-0.4, -0.2) is 24.0 Å². The molecular weight excluding hydrogens is 134 g/mol. The van der Waals surface area contributed by atoms with Crippen LogP contribution < -0.4 is 0 Å². The van der Waals surface area contributed by atoms with Crippen LogP contribution in [0.25, 0.3) is 0 Å². The third kappa shape index (κ3) is 2.48. The summed E-state index contributed by atoms with van der Waals surface area (Å²) in [7, 11) is 0. The van der Waals surface area contributed by atoms with Crippen molar-refractivity contribution in [3.05, 3.63) is 0 Å². The molecule has 1 saturated heterocycles. The van der Waals surface area contributed by atoms with Gasteiger partial charge in [0, 0.05) is 6.04 Å². The summed E-state index contributed by atoms with van der Waals surface area (Å²) in [6, 6.07) is 0.903. The van der Waals surface area contributed by atoms with Gasteiger partial charge in [-0.1, -0.05) is 20.8 Å². The highest BCUT2D eigenvalue weighted by molar-refractivity contribution is 4.78. The molecule has 1 atom stereocenters. The Hall–Kier alpha value is -0.0400. The van der Waals surface area contributed by atoms with E-state index in [1.54, 1.807) is 0 Å².